The standard InChI is InChI=1S/C14H10ClFN2O2/c15-11-3-8(1-2-9(11)4-17)10-5-18-6-12(16)14(10)13(20)7-19/h1-3,5-6,13,19-20H,7H2/t13-/m1/s1. The number of nitrogens with zero attached hydrogens (tertiary/aromatic N) is 2. The van der Waals surface area contributed by atoms with Gasteiger partial charge in [0, 0.05) is 17.3 Å². The number of benzene rings is 1. The molecule has 0 amide bonds. The van der Waals surface area contributed by atoms with E-state index < -0.39 is 18.5 Å². The lowest BCUT2D eigenvalue weighted by molar-refractivity contribution is 0.0929. The topological polar surface area (TPSA) is 77.1 Å². The van der Waals surface area contributed by atoms with Crippen molar-refractivity contribution in [2.75, 3.05) is 6.61 Å². The van der Waals surface area contributed by atoms with E-state index in [4.69, 9.17) is 22.0 Å². The van der Waals surface area contributed by atoms with E-state index in [1.807, 2.05) is 6.07 Å². The van der Waals surface area contributed by atoms with Crippen LogP contribution in [0.4, 0.5) is 4.39 Å². The van der Waals surface area contributed by atoms with Gasteiger partial charge < -0.3 is 10.2 Å². The van der Waals surface area contributed by atoms with Crippen molar-refractivity contribution in [1.29, 1.82) is 5.26 Å². The molecule has 102 valence electrons. The molecular formula is C14H10ClFN2O2. The molecule has 20 heavy (non-hydrogen) atoms. The SMILES string of the molecule is N#Cc1ccc(-c2cncc(F)c2[C@H](O)CO)cc1Cl. The molecule has 2 rings (SSSR count). The number of hydrogen-bond acceptors (Lipinski definition) is 4. The molecule has 0 aliphatic rings. The zero-order valence-electron chi connectivity index (χ0n) is 10.2. The van der Waals surface area contributed by atoms with E-state index in [0.717, 1.165) is 6.20 Å². The van der Waals surface area contributed by atoms with Crippen LogP contribution in [0.15, 0.2) is 30.6 Å². The van der Waals surface area contributed by atoms with Gasteiger partial charge in [0.2, 0.25) is 0 Å². The maximum absolute atomic E-state index is 13.8. The van der Waals surface area contributed by atoms with Gasteiger partial charge in [-0.1, -0.05) is 17.7 Å². The third-order valence-electron chi connectivity index (χ3n) is 2.85. The van der Waals surface area contributed by atoms with Crippen LogP contribution in [0.3, 0.4) is 0 Å². The second-order valence-electron chi connectivity index (χ2n) is 4.09. The van der Waals surface area contributed by atoms with Crippen LogP contribution in [0.2, 0.25) is 5.02 Å². The van der Waals surface area contributed by atoms with E-state index in [-0.39, 0.29) is 10.6 Å². The number of nitriles is 1. The zero-order valence-corrected chi connectivity index (χ0v) is 11.0. The summed E-state index contributed by atoms with van der Waals surface area (Å²) in [6, 6.07) is 6.49. The molecule has 2 aromatic rings. The maximum Gasteiger partial charge on any atom is 0.147 e. The van der Waals surface area contributed by atoms with E-state index in [1.54, 1.807) is 6.07 Å². The van der Waals surface area contributed by atoms with Crippen LogP contribution in [0.1, 0.15) is 17.2 Å². The second kappa shape index (κ2) is 5.97. The summed E-state index contributed by atoms with van der Waals surface area (Å²) in [5.74, 6) is -0.718. The first-order valence-electron chi connectivity index (χ1n) is 5.70. The maximum atomic E-state index is 13.8. The van der Waals surface area contributed by atoms with Gasteiger partial charge in [0.05, 0.1) is 23.4 Å². The monoisotopic (exact) mass is 292 g/mol. The van der Waals surface area contributed by atoms with Gasteiger partial charge >= 0.3 is 0 Å². The van der Waals surface area contributed by atoms with Gasteiger partial charge in [-0.2, -0.15) is 5.26 Å². The van der Waals surface area contributed by atoms with E-state index in [0.29, 0.717) is 16.7 Å². The van der Waals surface area contributed by atoms with Crippen LogP contribution in [-0.4, -0.2) is 21.8 Å². The lowest BCUT2D eigenvalue weighted by Crippen LogP contribution is -2.08. The molecule has 0 radical (unpaired) electrons. The van der Waals surface area contributed by atoms with Crippen LogP contribution in [0.25, 0.3) is 11.1 Å². The summed E-state index contributed by atoms with van der Waals surface area (Å²) < 4.78 is 13.8. The average molecular weight is 293 g/mol. The van der Waals surface area contributed by atoms with E-state index >= 15 is 0 Å². The number of aliphatic hydroxyl groups is 2. The van der Waals surface area contributed by atoms with Crippen LogP contribution >= 0.6 is 11.6 Å². The average Bonchev–Trinajstić information content (AvgIpc) is 2.46. The third-order valence-corrected chi connectivity index (χ3v) is 3.16. The summed E-state index contributed by atoms with van der Waals surface area (Å²) in [5.41, 5.74) is 1.06. The molecule has 0 unspecified atom stereocenters. The van der Waals surface area contributed by atoms with Gasteiger partial charge in [0.25, 0.3) is 0 Å². The first-order chi connectivity index (χ1) is 9.58. The highest BCUT2D eigenvalue weighted by Crippen LogP contribution is 2.31. The molecule has 0 aliphatic heterocycles. The predicted molar refractivity (Wildman–Crippen MR) is 71.4 cm³/mol. The molecule has 0 saturated carbocycles. The van der Waals surface area contributed by atoms with Crippen molar-refractivity contribution in [2.24, 2.45) is 0 Å². The number of aliphatic hydroxyl groups excluding tert-OH is 2. The molecule has 1 aromatic heterocycles. The van der Waals surface area contributed by atoms with Crippen molar-refractivity contribution in [1.82, 2.24) is 4.98 Å². The Bertz CT molecular complexity index is 685. The molecule has 0 spiro atoms. The van der Waals surface area contributed by atoms with Gasteiger partial charge in [-0.15, -0.1) is 0 Å². The van der Waals surface area contributed by atoms with Gasteiger partial charge in [-0.05, 0) is 17.7 Å². The molecule has 4 nitrogen and oxygen atoms in total. The largest absolute Gasteiger partial charge is 0.393 e. The fourth-order valence-electron chi connectivity index (χ4n) is 1.88. The second-order valence-corrected chi connectivity index (χ2v) is 4.49. The molecular weight excluding hydrogens is 283 g/mol. The van der Waals surface area contributed by atoms with Crippen LogP contribution in [0, 0.1) is 17.1 Å². The first-order valence-corrected chi connectivity index (χ1v) is 6.08. The summed E-state index contributed by atoms with van der Waals surface area (Å²) in [4.78, 5) is 3.73. The van der Waals surface area contributed by atoms with Crippen molar-refractivity contribution in [3.8, 4) is 17.2 Å². The summed E-state index contributed by atoms with van der Waals surface area (Å²) in [6.45, 7) is -0.613. The highest BCUT2D eigenvalue weighted by atomic mass is 35.5. The van der Waals surface area contributed by atoms with E-state index in [9.17, 15) is 9.50 Å². The van der Waals surface area contributed by atoms with Gasteiger partial charge in [0.15, 0.2) is 0 Å². The molecule has 0 saturated heterocycles. The molecule has 0 aliphatic carbocycles. The minimum atomic E-state index is -1.36. The van der Waals surface area contributed by atoms with Crippen molar-refractivity contribution in [3.05, 3.63) is 52.6 Å². The van der Waals surface area contributed by atoms with Gasteiger partial charge in [-0.25, -0.2) is 4.39 Å². The number of aromatic nitrogens is 1. The Hall–Kier alpha value is -2.00. The molecule has 6 heteroatoms. The summed E-state index contributed by atoms with van der Waals surface area (Å²) in [7, 11) is 0. The summed E-state index contributed by atoms with van der Waals surface area (Å²) in [6.07, 6.45) is 0.972. The highest BCUT2D eigenvalue weighted by molar-refractivity contribution is 6.32. The van der Waals surface area contributed by atoms with E-state index in [2.05, 4.69) is 4.98 Å². The number of pyridine rings is 1. The van der Waals surface area contributed by atoms with Crippen molar-refractivity contribution >= 4 is 11.6 Å². The molecule has 1 atom stereocenters. The first kappa shape index (κ1) is 14.4. The normalized spacial score (nSPS) is 11.9. The number of halogens is 2. The van der Waals surface area contributed by atoms with Crippen molar-refractivity contribution in [3.63, 3.8) is 0 Å². The number of hydrogen-bond donors (Lipinski definition) is 2. The molecule has 0 bridgehead atoms. The summed E-state index contributed by atoms with van der Waals surface area (Å²) >= 11 is 5.94. The van der Waals surface area contributed by atoms with Gasteiger partial charge in [-0.3, -0.25) is 4.98 Å². The van der Waals surface area contributed by atoms with Gasteiger partial charge in [0.1, 0.15) is 18.0 Å². The fraction of sp³-hybridized carbons (Fsp3) is 0.143. The minimum absolute atomic E-state index is 0.0525. The molecule has 2 N–H and O–H groups in total. The Morgan fingerprint density at radius 1 is 1.40 bits per heavy atom. The Balaban J connectivity index is 2.61. The summed E-state index contributed by atoms with van der Waals surface area (Å²) in [5, 5.41) is 27.8. The Labute approximate surface area is 119 Å². The van der Waals surface area contributed by atoms with Crippen LogP contribution in [-0.2, 0) is 0 Å². The fourth-order valence-corrected chi connectivity index (χ4v) is 2.10. The Morgan fingerprint density at radius 3 is 2.75 bits per heavy atom. The lowest BCUT2D eigenvalue weighted by atomic mass is 9.97. The van der Waals surface area contributed by atoms with Crippen LogP contribution < -0.4 is 0 Å². The number of rotatable bonds is 3. The van der Waals surface area contributed by atoms with Crippen molar-refractivity contribution < 1.29 is 14.6 Å². The lowest BCUT2D eigenvalue weighted by Gasteiger charge is -2.14. The molecule has 1 heterocycles. The van der Waals surface area contributed by atoms with Crippen LogP contribution in [0.5, 0.6) is 0 Å². The zero-order chi connectivity index (χ0) is 14.7. The molecule has 0 fully saturated rings. The highest BCUT2D eigenvalue weighted by Gasteiger charge is 2.18. The Kier molecular flexibility index (Phi) is 4.30. The van der Waals surface area contributed by atoms with E-state index in [1.165, 1.54) is 18.3 Å². The Morgan fingerprint density at radius 2 is 2.15 bits per heavy atom. The molecule has 1 aromatic carbocycles. The van der Waals surface area contributed by atoms with Crippen molar-refractivity contribution in [2.45, 2.75) is 6.10 Å². The quantitative estimate of drug-likeness (QED) is 0.911. The predicted octanol–water partition coefficient (Wildman–Crippen LogP) is 2.44. The smallest absolute Gasteiger partial charge is 0.147 e. The minimum Gasteiger partial charge on any atom is -0.393 e. The third kappa shape index (κ3) is 2.63.